The van der Waals surface area contributed by atoms with Crippen LogP contribution in [0.1, 0.15) is 67.2 Å². The highest BCUT2D eigenvalue weighted by molar-refractivity contribution is 5.72. The van der Waals surface area contributed by atoms with Crippen LogP contribution >= 0.6 is 0 Å². The highest BCUT2D eigenvalue weighted by atomic mass is 16.1. The lowest BCUT2D eigenvalue weighted by atomic mass is 10.0. The van der Waals surface area contributed by atoms with Crippen molar-refractivity contribution < 1.29 is 4.79 Å². The molecule has 0 aromatic heterocycles. The first kappa shape index (κ1) is 19.0. The zero-order valence-electron chi connectivity index (χ0n) is 12.9. The van der Waals surface area contributed by atoms with E-state index in [-0.39, 0.29) is 5.78 Å². The largest absolute Gasteiger partial charge is 0.304 e. The molecule has 0 N–H and O–H groups in total. The standard InChI is InChI=1S/C9H19N.C3H6O.C3H8/c1-3-10-7-4-5-9(2)6-8-10;1-3(2)4;1-3-2/h9H,3-8H2,1-2H3;1-2H3;3H2,1-2H3. The third kappa shape index (κ3) is 18.2. The Bertz CT molecular complexity index is 164. The predicted molar refractivity (Wildman–Crippen MR) is 77.4 cm³/mol. The minimum Gasteiger partial charge on any atom is -0.304 e. The number of nitrogens with zero attached hydrogens (tertiary/aromatic N) is 1. The van der Waals surface area contributed by atoms with Gasteiger partial charge >= 0.3 is 0 Å². The quantitative estimate of drug-likeness (QED) is 0.690. The fraction of sp³-hybridized carbons (Fsp3) is 0.933. The summed E-state index contributed by atoms with van der Waals surface area (Å²) in [6.07, 6.45) is 5.51. The van der Waals surface area contributed by atoms with Gasteiger partial charge in [0, 0.05) is 0 Å². The van der Waals surface area contributed by atoms with Gasteiger partial charge in [-0.2, -0.15) is 0 Å². The molecule has 1 fully saturated rings. The van der Waals surface area contributed by atoms with Crippen LogP contribution in [0.25, 0.3) is 0 Å². The van der Waals surface area contributed by atoms with E-state index in [0.29, 0.717) is 0 Å². The van der Waals surface area contributed by atoms with E-state index in [4.69, 9.17) is 0 Å². The molecule has 2 nitrogen and oxygen atoms in total. The summed E-state index contributed by atoms with van der Waals surface area (Å²) in [6, 6.07) is 0. The molecule has 0 radical (unpaired) electrons. The van der Waals surface area contributed by atoms with Crippen LogP contribution in [0.4, 0.5) is 0 Å². The highest BCUT2D eigenvalue weighted by Crippen LogP contribution is 2.15. The van der Waals surface area contributed by atoms with Crippen molar-refractivity contribution in [1.82, 2.24) is 4.90 Å². The first-order chi connectivity index (χ1) is 7.97. The lowest BCUT2D eigenvalue weighted by Gasteiger charge is -2.16. The molecule has 1 aliphatic heterocycles. The van der Waals surface area contributed by atoms with Crippen LogP contribution in [0, 0.1) is 5.92 Å². The van der Waals surface area contributed by atoms with Crippen LogP contribution in [0.2, 0.25) is 0 Å². The summed E-state index contributed by atoms with van der Waals surface area (Å²) in [5.41, 5.74) is 0. The van der Waals surface area contributed by atoms with Crippen LogP contribution in [-0.4, -0.2) is 30.3 Å². The molecule has 0 aliphatic carbocycles. The summed E-state index contributed by atoms with van der Waals surface area (Å²) in [5.74, 6) is 1.14. The van der Waals surface area contributed by atoms with Gasteiger partial charge in [-0.1, -0.05) is 34.1 Å². The summed E-state index contributed by atoms with van der Waals surface area (Å²) in [7, 11) is 0. The Labute approximate surface area is 109 Å². The van der Waals surface area contributed by atoms with Crippen molar-refractivity contribution in [2.75, 3.05) is 19.6 Å². The van der Waals surface area contributed by atoms with Gasteiger partial charge in [0.1, 0.15) is 5.78 Å². The van der Waals surface area contributed by atoms with Crippen LogP contribution < -0.4 is 0 Å². The van der Waals surface area contributed by atoms with Crippen LogP contribution in [0.5, 0.6) is 0 Å². The van der Waals surface area contributed by atoms with E-state index in [1.54, 1.807) is 0 Å². The Morgan fingerprint density at radius 1 is 1.12 bits per heavy atom. The van der Waals surface area contributed by atoms with E-state index in [1.807, 2.05) is 0 Å². The van der Waals surface area contributed by atoms with Crippen LogP contribution in [0.3, 0.4) is 0 Å². The third-order valence-corrected chi connectivity index (χ3v) is 2.56. The minimum atomic E-state index is 0.167. The Balaban J connectivity index is 0. The zero-order chi connectivity index (χ0) is 13.7. The first-order valence-electron chi connectivity index (χ1n) is 7.17. The molecule has 2 heteroatoms. The molecule has 1 saturated heterocycles. The molecular formula is C15H33NO. The maximum atomic E-state index is 9.44. The summed E-state index contributed by atoms with van der Waals surface area (Å²) >= 11 is 0. The van der Waals surface area contributed by atoms with Gasteiger partial charge in [0.05, 0.1) is 0 Å². The average Bonchev–Trinajstić information content (AvgIpc) is 2.43. The molecule has 1 heterocycles. The maximum absolute atomic E-state index is 9.44. The van der Waals surface area contributed by atoms with Crippen molar-refractivity contribution in [1.29, 1.82) is 0 Å². The number of hydrogen-bond donors (Lipinski definition) is 0. The Morgan fingerprint density at radius 2 is 1.59 bits per heavy atom. The second kappa shape index (κ2) is 13.7. The number of ketones is 1. The Hall–Kier alpha value is -0.370. The van der Waals surface area contributed by atoms with E-state index >= 15 is 0 Å². The first-order valence-corrected chi connectivity index (χ1v) is 7.17. The number of Topliss-reactive ketones (excluding diaryl/α,β-unsaturated/α-hetero) is 1. The molecule has 1 unspecified atom stereocenters. The fourth-order valence-electron chi connectivity index (χ4n) is 1.64. The molecule has 0 aromatic carbocycles. The summed E-state index contributed by atoms with van der Waals surface area (Å²) in [5, 5.41) is 0. The van der Waals surface area contributed by atoms with Gasteiger partial charge in [-0.15, -0.1) is 0 Å². The van der Waals surface area contributed by atoms with Gasteiger partial charge < -0.3 is 9.69 Å². The molecule has 17 heavy (non-hydrogen) atoms. The number of likely N-dealkylation sites (tertiary alicyclic amines) is 1. The monoisotopic (exact) mass is 243 g/mol. The Kier molecular flexibility index (Phi) is 15.3. The van der Waals surface area contributed by atoms with Gasteiger partial charge in [0.2, 0.25) is 0 Å². The molecule has 0 aromatic rings. The second-order valence-corrected chi connectivity index (χ2v) is 5.09. The van der Waals surface area contributed by atoms with E-state index in [0.717, 1.165) is 5.92 Å². The van der Waals surface area contributed by atoms with Gasteiger partial charge in [-0.3, -0.25) is 0 Å². The van der Waals surface area contributed by atoms with Gasteiger partial charge in [-0.25, -0.2) is 0 Å². The van der Waals surface area contributed by atoms with Gasteiger partial charge in [-0.05, 0) is 58.7 Å². The molecule has 0 saturated carbocycles. The predicted octanol–water partition coefficient (Wildman–Crippen LogP) is 4.14. The van der Waals surface area contributed by atoms with Crippen molar-refractivity contribution in [3.63, 3.8) is 0 Å². The molecule has 1 atom stereocenters. The average molecular weight is 243 g/mol. The molecular weight excluding hydrogens is 210 g/mol. The zero-order valence-corrected chi connectivity index (χ0v) is 12.9. The van der Waals surface area contributed by atoms with Crippen LogP contribution in [-0.2, 0) is 4.79 Å². The number of carbonyl (C=O) groups excluding carboxylic acids is 1. The highest BCUT2D eigenvalue weighted by Gasteiger charge is 2.11. The van der Waals surface area contributed by atoms with Gasteiger partial charge in [0.25, 0.3) is 0 Å². The SMILES string of the molecule is CC(C)=O.CCC.CCN1CCCC(C)CC1. The fourth-order valence-corrected chi connectivity index (χ4v) is 1.64. The normalized spacial score (nSPS) is 20.2. The number of carbonyl (C=O) groups is 1. The molecule has 0 spiro atoms. The lowest BCUT2D eigenvalue weighted by molar-refractivity contribution is -0.114. The minimum absolute atomic E-state index is 0.167. The van der Waals surface area contributed by atoms with Gasteiger partial charge in [0.15, 0.2) is 0 Å². The van der Waals surface area contributed by atoms with Crippen molar-refractivity contribution in [2.24, 2.45) is 5.92 Å². The molecule has 0 bridgehead atoms. The number of rotatable bonds is 1. The van der Waals surface area contributed by atoms with Crippen molar-refractivity contribution in [3.8, 4) is 0 Å². The molecule has 104 valence electrons. The maximum Gasteiger partial charge on any atom is 0.126 e. The Morgan fingerprint density at radius 3 is 2.00 bits per heavy atom. The third-order valence-electron chi connectivity index (χ3n) is 2.56. The summed E-state index contributed by atoms with van der Waals surface area (Å²) < 4.78 is 0. The van der Waals surface area contributed by atoms with E-state index in [2.05, 4.69) is 32.6 Å². The molecule has 0 amide bonds. The molecule has 1 rings (SSSR count). The summed E-state index contributed by atoms with van der Waals surface area (Å²) in [6.45, 7) is 15.8. The van der Waals surface area contributed by atoms with Crippen molar-refractivity contribution in [3.05, 3.63) is 0 Å². The van der Waals surface area contributed by atoms with E-state index < -0.39 is 0 Å². The smallest absolute Gasteiger partial charge is 0.126 e. The molecule has 1 aliphatic rings. The van der Waals surface area contributed by atoms with Crippen molar-refractivity contribution >= 4 is 5.78 Å². The summed E-state index contributed by atoms with van der Waals surface area (Å²) in [4.78, 5) is 12.0. The van der Waals surface area contributed by atoms with Crippen molar-refractivity contribution in [2.45, 2.75) is 67.2 Å². The topological polar surface area (TPSA) is 20.3 Å². The van der Waals surface area contributed by atoms with E-state index in [1.165, 1.54) is 59.2 Å². The second-order valence-electron chi connectivity index (χ2n) is 5.09. The van der Waals surface area contributed by atoms with Crippen LogP contribution in [0.15, 0.2) is 0 Å². The lowest BCUT2D eigenvalue weighted by Crippen LogP contribution is -2.23. The number of hydrogen-bond acceptors (Lipinski definition) is 2. The van der Waals surface area contributed by atoms with E-state index in [9.17, 15) is 4.79 Å².